The van der Waals surface area contributed by atoms with E-state index in [4.69, 9.17) is 11.6 Å². The lowest BCUT2D eigenvalue weighted by molar-refractivity contribution is -0.122. The molecule has 0 saturated carbocycles. The van der Waals surface area contributed by atoms with Crippen molar-refractivity contribution in [1.29, 1.82) is 0 Å². The zero-order chi connectivity index (χ0) is 17.5. The van der Waals surface area contributed by atoms with Crippen LogP contribution in [0.1, 0.15) is 25.5 Å². The molecule has 1 aromatic carbocycles. The number of rotatable bonds is 5. The van der Waals surface area contributed by atoms with E-state index in [0.29, 0.717) is 17.5 Å². The Balaban J connectivity index is 0.00000312. The second-order valence-electron chi connectivity index (χ2n) is 6.40. The molecule has 0 spiro atoms. The van der Waals surface area contributed by atoms with E-state index in [1.165, 1.54) is 0 Å². The Bertz CT molecular complexity index is 584. The normalized spacial score (nSPS) is 17.7. The largest absolute Gasteiger partial charge is 0.338 e. The van der Waals surface area contributed by atoms with Crippen molar-refractivity contribution in [2.24, 2.45) is 5.92 Å². The lowest BCUT2D eigenvalue weighted by Crippen LogP contribution is -2.51. The van der Waals surface area contributed by atoms with Crippen molar-refractivity contribution >= 4 is 35.9 Å². The van der Waals surface area contributed by atoms with Gasteiger partial charge >= 0.3 is 6.03 Å². The Kier molecular flexibility index (Phi) is 9.21. The fourth-order valence-electron chi connectivity index (χ4n) is 2.67. The molecule has 140 valence electrons. The highest BCUT2D eigenvalue weighted by Gasteiger charge is 2.26. The SMILES string of the molecule is CC(C)CNC(=O)NC(=O)CN1CCNCC1c1cccc(Cl)c1.Cl. The molecule has 1 aromatic rings. The minimum atomic E-state index is -0.442. The van der Waals surface area contributed by atoms with Gasteiger partial charge in [0.15, 0.2) is 0 Å². The summed E-state index contributed by atoms with van der Waals surface area (Å²) >= 11 is 6.08. The molecule has 6 nitrogen and oxygen atoms in total. The topological polar surface area (TPSA) is 73.5 Å². The monoisotopic (exact) mass is 388 g/mol. The van der Waals surface area contributed by atoms with Crippen LogP contribution in [0.25, 0.3) is 0 Å². The minimum absolute atomic E-state index is 0. The van der Waals surface area contributed by atoms with Crippen LogP contribution in [0.5, 0.6) is 0 Å². The summed E-state index contributed by atoms with van der Waals surface area (Å²) < 4.78 is 0. The molecule has 1 aliphatic heterocycles. The number of piperazine rings is 1. The van der Waals surface area contributed by atoms with Crippen molar-refractivity contribution in [3.63, 3.8) is 0 Å². The Hall–Kier alpha value is -1.34. The smallest absolute Gasteiger partial charge is 0.321 e. The number of carbonyl (C=O) groups is 2. The van der Waals surface area contributed by atoms with Crippen molar-refractivity contribution in [3.05, 3.63) is 34.9 Å². The second kappa shape index (κ2) is 10.6. The molecule has 0 aliphatic carbocycles. The third-order valence-corrected chi connectivity index (χ3v) is 4.09. The maximum Gasteiger partial charge on any atom is 0.321 e. The molecular formula is C17H26Cl2N4O2. The van der Waals surface area contributed by atoms with Gasteiger partial charge in [-0.25, -0.2) is 4.79 Å². The number of halogens is 2. The van der Waals surface area contributed by atoms with Crippen LogP contribution in [0.3, 0.4) is 0 Å². The lowest BCUT2D eigenvalue weighted by atomic mass is 10.0. The minimum Gasteiger partial charge on any atom is -0.338 e. The molecule has 1 unspecified atom stereocenters. The average Bonchev–Trinajstić information content (AvgIpc) is 2.53. The van der Waals surface area contributed by atoms with E-state index in [9.17, 15) is 9.59 Å². The summed E-state index contributed by atoms with van der Waals surface area (Å²) in [7, 11) is 0. The van der Waals surface area contributed by atoms with Gasteiger partial charge in [-0.2, -0.15) is 0 Å². The van der Waals surface area contributed by atoms with Gasteiger partial charge in [-0.15, -0.1) is 12.4 Å². The summed E-state index contributed by atoms with van der Waals surface area (Å²) in [6, 6.07) is 7.27. The van der Waals surface area contributed by atoms with Gasteiger partial charge in [0, 0.05) is 37.2 Å². The van der Waals surface area contributed by atoms with Gasteiger partial charge < -0.3 is 10.6 Å². The highest BCUT2D eigenvalue weighted by Crippen LogP contribution is 2.24. The van der Waals surface area contributed by atoms with Crippen LogP contribution in [0.4, 0.5) is 4.79 Å². The number of benzene rings is 1. The highest BCUT2D eigenvalue weighted by molar-refractivity contribution is 6.30. The Labute approximate surface area is 160 Å². The number of hydrogen-bond donors (Lipinski definition) is 3. The second-order valence-corrected chi connectivity index (χ2v) is 6.83. The molecule has 0 radical (unpaired) electrons. The van der Waals surface area contributed by atoms with Crippen molar-refractivity contribution in [3.8, 4) is 0 Å². The molecule has 2 rings (SSSR count). The van der Waals surface area contributed by atoms with Gasteiger partial charge in [0.25, 0.3) is 0 Å². The van der Waals surface area contributed by atoms with Crippen molar-refractivity contribution < 1.29 is 9.59 Å². The first-order valence-electron chi connectivity index (χ1n) is 8.23. The van der Waals surface area contributed by atoms with Crippen LogP contribution in [-0.2, 0) is 4.79 Å². The standard InChI is InChI=1S/C17H25ClN4O2.ClH/c1-12(2)9-20-17(24)21-16(23)11-22-7-6-19-10-15(22)13-4-3-5-14(18)8-13;/h3-5,8,12,15,19H,6-7,9-11H2,1-2H3,(H2,20,21,23,24);1H. The van der Waals surface area contributed by atoms with Gasteiger partial charge in [0.2, 0.25) is 5.91 Å². The lowest BCUT2D eigenvalue weighted by Gasteiger charge is -2.36. The summed E-state index contributed by atoms with van der Waals surface area (Å²) in [6.45, 7) is 7.00. The number of nitrogens with zero attached hydrogens (tertiary/aromatic N) is 1. The molecule has 0 bridgehead atoms. The van der Waals surface area contributed by atoms with Crippen molar-refractivity contribution in [2.75, 3.05) is 32.7 Å². The summed E-state index contributed by atoms with van der Waals surface area (Å²) in [5, 5.41) is 9.08. The van der Waals surface area contributed by atoms with Crippen LogP contribution >= 0.6 is 24.0 Å². The summed E-state index contributed by atoms with van der Waals surface area (Å²) in [5.74, 6) is 0.0383. The third kappa shape index (κ3) is 7.20. The predicted molar refractivity (Wildman–Crippen MR) is 102 cm³/mol. The van der Waals surface area contributed by atoms with Crippen molar-refractivity contribution in [2.45, 2.75) is 19.9 Å². The number of urea groups is 1. The molecule has 1 heterocycles. The molecule has 1 fully saturated rings. The van der Waals surface area contributed by atoms with Crippen molar-refractivity contribution in [1.82, 2.24) is 20.9 Å². The number of hydrogen-bond acceptors (Lipinski definition) is 4. The summed E-state index contributed by atoms with van der Waals surface area (Å²) in [4.78, 5) is 25.9. The molecular weight excluding hydrogens is 363 g/mol. The molecule has 1 atom stereocenters. The van der Waals surface area contributed by atoms with Crippen LogP contribution in [0, 0.1) is 5.92 Å². The molecule has 1 saturated heterocycles. The first kappa shape index (κ1) is 21.7. The van der Waals surface area contributed by atoms with Crippen LogP contribution < -0.4 is 16.0 Å². The number of imide groups is 1. The zero-order valence-electron chi connectivity index (χ0n) is 14.5. The summed E-state index contributed by atoms with van der Waals surface area (Å²) in [5.41, 5.74) is 1.06. The van der Waals surface area contributed by atoms with Crippen LogP contribution in [0.15, 0.2) is 24.3 Å². The fraction of sp³-hybridized carbons (Fsp3) is 0.529. The van der Waals surface area contributed by atoms with Gasteiger partial charge in [-0.3, -0.25) is 15.0 Å². The zero-order valence-corrected chi connectivity index (χ0v) is 16.1. The van der Waals surface area contributed by atoms with Gasteiger partial charge in [-0.1, -0.05) is 37.6 Å². The molecule has 25 heavy (non-hydrogen) atoms. The maximum atomic E-state index is 12.2. The van der Waals surface area contributed by atoms with E-state index in [1.807, 2.05) is 38.1 Å². The molecule has 3 amide bonds. The Morgan fingerprint density at radius 1 is 1.40 bits per heavy atom. The predicted octanol–water partition coefficient (Wildman–Crippen LogP) is 2.19. The van der Waals surface area contributed by atoms with E-state index in [0.717, 1.165) is 25.2 Å². The average molecular weight is 389 g/mol. The number of carbonyl (C=O) groups excluding carboxylic acids is 2. The Morgan fingerprint density at radius 2 is 2.16 bits per heavy atom. The first-order chi connectivity index (χ1) is 11.5. The van der Waals surface area contributed by atoms with E-state index in [-0.39, 0.29) is 30.9 Å². The maximum absolute atomic E-state index is 12.2. The highest BCUT2D eigenvalue weighted by atomic mass is 35.5. The van der Waals surface area contributed by atoms with Crippen LogP contribution in [-0.4, -0.2) is 49.6 Å². The molecule has 3 N–H and O–H groups in total. The Morgan fingerprint density at radius 3 is 2.84 bits per heavy atom. The van der Waals surface area contributed by atoms with Gasteiger partial charge in [-0.05, 0) is 23.6 Å². The van der Waals surface area contributed by atoms with Gasteiger partial charge in [0.1, 0.15) is 0 Å². The first-order valence-corrected chi connectivity index (χ1v) is 8.61. The van der Waals surface area contributed by atoms with E-state index >= 15 is 0 Å². The summed E-state index contributed by atoms with van der Waals surface area (Å²) in [6.07, 6.45) is 0. The number of nitrogens with one attached hydrogen (secondary N) is 3. The molecule has 0 aromatic heterocycles. The fourth-order valence-corrected chi connectivity index (χ4v) is 2.87. The van der Waals surface area contributed by atoms with E-state index in [1.54, 1.807) is 0 Å². The molecule has 8 heteroatoms. The number of amides is 3. The quantitative estimate of drug-likeness (QED) is 0.722. The van der Waals surface area contributed by atoms with Gasteiger partial charge in [0.05, 0.1) is 6.54 Å². The molecule has 1 aliphatic rings. The third-order valence-electron chi connectivity index (χ3n) is 3.86. The van der Waals surface area contributed by atoms with E-state index in [2.05, 4.69) is 20.9 Å². The van der Waals surface area contributed by atoms with E-state index < -0.39 is 6.03 Å². The van der Waals surface area contributed by atoms with Crippen LogP contribution in [0.2, 0.25) is 5.02 Å².